The van der Waals surface area contributed by atoms with Gasteiger partial charge in [0.25, 0.3) is 5.56 Å². The lowest BCUT2D eigenvalue weighted by atomic mass is 10.1. The van der Waals surface area contributed by atoms with Gasteiger partial charge >= 0.3 is 5.69 Å². The Morgan fingerprint density at radius 2 is 2.09 bits per heavy atom. The monoisotopic (exact) mass is 316 g/mol. The third-order valence-electron chi connectivity index (χ3n) is 3.48. The van der Waals surface area contributed by atoms with Gasteiger partial charge in [0.05, 0.1) is 19.4 Å². The second kappa shape index (κ2) is 7.05. The summed E-state index contributed by atoms with van der Waals surface area (Å²) in [6.07, 6.45) is -2.22. The molecule has 2 heterocycles. The van der Waals surface area contributed by atoms with E-state index < -0.39 is 42.4 Å². The molecule has 0 spiro atoms. The molecule has 4 atom stereocenters. The molecule has 0 bridgehead atoms. The van der Waals surface area contributed by atoms with E-state index in [2.05, 4.69) is 4.98 Å². The minimum Gasteiger partial charge on any atom is -0.487 e. The van der Waals surface area contributed by atoms with Gasteiger partial charge in [0, 0.05) is 0 Å². The van der Waals surface area contributed by atoms with Gasteiger partial charge in [-0.3, -0.25) is 14.3 Å². The molecule has 124 valence electrons. The van der Waals surface area contributed by atoms with E-state index in [1.807, 2.05) is 6.92 Å². The third-order valence-corrected chi connectivity index (χ3v) is 3.48. The van der Waals surface area contributed by atoms with Crippen LogP contribution in [0.5, 0.6) is 5.75 Å². The lowest BCUT2D eigenvalue weighted by molar-refractivity contribution is -0.0553. The lowest BCUT2D eigenvalue weighted by Crippen LogP contribution is -2.38. The van der Waals surface area contributed by atoms with Gasteiger partial charge in [-0.2, -0.15) is 0 Å². The zero-order valence-corrected chi connectivity index (χ0v) is 12.1. The first-order chi connectivity index (χ1) is 10.5. The summed E-state index contributed by atoms with van der Waals surface area (Å²) in [7, 11) is 0. The largest absolute Gasteiger partial charge is 0.487 e. The molecule has 1 aromatic heterocycles. The fourth-order valence-corrected chi connectivity index (χ4v) is 2.19. The standard InChI is InChI=1S/C13H20N2O7/c1-2-3-4-21-7-5-15(13(20)14-11(7)19)12-10(18)9(17)8(6-16)22-12/h5,8-10,12,16-18H,2-4,6H2,1H3,(H,14,19,20)/t8-,9-,10-,12-/m1/s1. The normalized spacial score (nSPS) is 28.0. The van der Waals surface area contributed by atoms with Crippen LogP contribution in [-0.2, 0) is 4.74 Å². The summed E-state index contributed by atoms with van der Waals surface area (Å²) in [6.45, 7) is 1.77. The zero-order valence-electron chi connectivity index (χ0n) is 12.1. The van der Waals surface area contributed by atoms with Crippen molar-refractivity contribution >= 4 is 0 Å². The Labute approximate surface area is 125 Å². The Hall–Kier alpha value is -1.68. The van der Waals surface area contributed by atoms with Crippen LogP contribution in [0.4, 0.5) is 0 Å². The average Bonchev–Trinajstić information content (AvgIpc) is 2.77. The van der Waals surface area contributed by atoms with Gasteiger partial charge in [0.2, 0.25) is 5.75 Å². The van der Waals surface area contributed by atoms with Gasteiger partial charge < -0.3 is 24.8 Å². The lowest BCUT2D eigenvalue weighted by Gasteiger charge is -2.18. The summed E-state index contributed by atoms with van der Waals surface area (Å²) in [5.74, 6) is -0.0780. The SMILES string of the molecule is CCCCOc1cn([C@@H]2O[C@H](CO)[C@@H](O)[C@H]2O)c(=O)[nH]c1=O. The highest BCUT2D eigenvalue weighted by Crippen LogP contribution is 2.28. The van der Waals surface area contributed by atoms with Crippen LogP contribution in [0.3, 0.4) is 0 Å². The molecule has 1 aliphatic heterocycles. The van der Waals surface area contributed by atoms with Crippen molar-refractivity contribution in [2.45, 2.75) is 44.3 Å². The summed E-state index contributed by atoms with van der Waals surface area (Å²) < 4.78 is 11.5. The predicted octanol–water partition coefficient (Wildman–Crippen LogP) is -1.67. The van der Waals surface area contributed by atoms with Crippen LogP contribution in [0.25, 0.3) is 0 Å². The Balaban J connectivity index is 2.29. The van der Waals surface area contributed by atoms with Crippen LogP contribution < -0.4 is 16.0 Å². The Kier molecular flexibility index (Phi) is 5.35. The molecule has 0 aliphatic carbocycles. The van der Waals surface area contributed by atoms with E-state index in [1.54, 1.807) is 0 Å². The van der Waals surface area contributed by atoms with E-state index >= 15 is 0 Å². The zero-order chi connectivity index (χ0) is 16.3. The molecule has 9 heteroatoms. The van der Waals surface area contributed by atoms with Crippen molar-refractivity contribution in [3.63, 3.8) is 0 Å². The van der Waals surface area contributed by atoms with Gasteiger partial charge in [-0.15, -0.1) is 0 Å². The van der Waals surface area contributed by atoms with Crippen molar-refractivity contribution in [1.82, 2.24) is 9.55 Å². The smallest absolute Gasteiger partial charge is 0.330 e. The topological polar surface area (TPSA) is 134 Å². The maximum Gasteiger partial charge on any atom is 0.330 e. The van der Waals surface area contributed by atoms with Crippen LogP contribution in [0, 0.1) is 0 Å². The molecule has 4 N–H and O–H groups in total. The number of H-pyrrole nitrogens is 1. The maximum absolute atomic E-state index is 11.9. The Bertz CT molecular complexity index is 611. The molecule has 0 saturated carbocycles. The van der Waals surface area contributed by atoms with Crippen molar-refractivity contribution in [3.8, 4) is 5.75 Å². The number of aromatic nitrogens is 2. The van der Waals surface area contributed by atoms with E-state index in [0.717, 1.165) is 23.6 Å². The van der Waals surface area contributed by atoms with Crippen molar-refractivity contribution in [2.75, 3.05) is 13.2 Å². The maximum atomic E-state index is 11.9. The number of aliphatic hydroxyl groups is 3. The highest BCUT2D eigenvalue weighted by molar-refractivity contribution is 5.13. The van der Waals surface area contributed by atoms with Crippen molar-refractivity contribution in [1.29, 1.82) is 0 Å². The molecule has 1 aromatic rings. The van der Waals surface area contributed by atoms with Crippen LogP contribution >= 0.6 is 0 Å². The molecule has 0 amide bonds. The van der Waals surface area contributed by atoms with Crippen LogP contribution in [0.2, 0.25) is 0 Å². The summed E-state index contributed by atoms with van der Waals surface area (Å²) in [5.41, 5.74) is -1.48. The number of aromatic amines is 1. The van der Waals surface area contributed by atoms with E-state index in [1.165, 1.54) is 0 Å². The average molecular weight is 316 g/mol. The predicted molar refractivity (Wildman–Crippen MR) is 74.7 cm³/mol. The van der Waals surface area contributed by atoms with Crippen LogP contribution in [0.1, 0.15) is 26.0 Å². The first kappa shape index (κ1) is 16.7. The van der Waals surface area contributed by atoms with Gasteiger partial charge in [-0.25, -0.2) is 4.79 Å². The molecule has 1 saturated heterocycles. The number of aliphatic hydroxyl groups excluding tert-OH is 3. The minimum atomic E-state index is -1.41. The third kappa shape index (κ3) is 3.22. The number of nitrogens with zero attached hydrogens (tertiary/aromatic N) is 1. The first-order valence-corrected chi connectivity index (χ1v) is 7.10. The fourth-order valence-electron chi connectivity index (χ4n) is 2.19. The number of nitrogens with one attached hydrogen (secondary N) is 1. The molecule has 0 unspecified atom stereocenters. The Morgan fingerprint density at radius 3 is 2.68 bits per heavy atom. The molecule has 1 aliphatic rings. The molecule has 22 heavy (non-hydrogen) atoms. The Morgan fingerprint density at radius 1 is 1.36 bits per heavy atom. The van der Waals surface area contributed by atoms with Crippen LogP contribution in [0.15, 0.2) is 15.8 Å². The quantitative estimate of drug-likeness (QED) is 0.461. The van der Waals surface area contributed by atoms with Gasteiger partial charge in [-0.05, 0) is 6.42 Å². The fraction of sp³-hybridized carbons (Fsp3) is 0.692. The van der Waals surface area contributed by atoms with Crippen molar-refractivity contribution in [3.05, 3.63) is 27.0 Å². The van der Waals surface area contributed by atoms with Crippen molar-refractivity contribution in [2.24, 2.45) is 0 Å². The summed E-state index contributed by atoms with van der Waals surface area (Å²) in [5, 5.41) is 28.7. The number of hydrogen-bond donors (Lipinski definition) is 4. The van der Waals surface area contributed by atoms with E-state index in [4.69, 9.17) is 14.6 Å². The highest BCUT2D eigenvalue weighted by Gasteiger charge is 2.43. The summed E-state index contributed by atoms with van der Waals surface area (Å²) in [6, 6.07) is 0. The van der Waals surface area contributed by atoms with Gasteiger partial charge in [-0.1, -0.05) is 13.3 Å². The minimum absolute atomic E-state index is 0.0780. The molecule has 9 nitrogen and oxygen atoms in total. The molecule has 0 aromatic carbocycles. The second-order valence-corrected chi connectivity index (χ2v) is 5.09. The summed E-state index contributed by atoms with van der Waals surface area (Å²) in [4.78, 5) is 25.6. The number of unbranched alkanes of at least 4 members (excludes halogenated alkanes) is 1. The molecular formula is C13H20N2O7. The molecule has 1 fully saturated rings. The second-order valence-electron chi connectivity index (χ2n) is 5.09. The number of rotatable bonds is 6. The number of ether oxygens (including phenoxy) is 2. The molecule has 2 rings (SSSR count). The summed E-state index contributed by atoms with van der Waals surface area (Å²) >= 11 is 0. The van der Waals surface area contributed by atoms with Gasteiger partial charge in [0.1, 0.15) is 18.3 Å². The molecule has 0 radical (unpaired) electrons. The molecular weight excluding hydrogens is 296 g/mol. The first-order valence-electron chi connectivity index (χ1n) is 7.10. The highest BCUT2D eigenvalue weighted by atomic mass is 16.6. The van der Waals surface area contributed by atoms with Gasteiger partial charge in [0.15, 0.2) is 6.23 Å². The van der Waals surface area contributed by atoms with E-state index in [9.17, 15) is 19.8 Å². The van der Waals surface area contributed by atoms with E-state index in [0.29, 0.717) is 6.61 Å². The van der Waals surface area contributed by atoms with E-state index in [-0.39, 0.29) is 5.75 Å². The van der Waals surface area contributed by atoms with Crippen molar-refractivity contribution < 1.29 is 24.8 Å². The van der Waals surface area contributed by atoms with Crippen LogP contribution in [-0.4, -0.2) is 56.4 Å². The number of hydrogen-bond acceptors (Lipinski definition) is 7.